The van der Waals surface area contributed by atoms with Crippen molar-refractivity contribution in [2.45, 2.75) is 51.1 Å². The van der Waals surface area contributed by atoms with E-state index in [-0.39, 0.29) is 24.4 Å². The van der Waals surface area contributed by atoms with Crippen LogP contribution in [-0.2, 0) is 9.59 Å². The van der Waals surface area contributed by atoms with Crippen LogP contribution in [0.15, 0.2) is 0 Å². The molecular formula is C13H23N3O2. The highest BCUT2D eigenvalue weighted by Crippen LogP contribution is 2.26. The molecule has 1 saturated carbocycles. The van der Waals surface area contributed by atoms with Crippen molar-refractivity contribution < 1.29 is 9.59 Å². The molecule has 2 fully saturated rings. The maximum Gasteiger partial charge on any atom is 0.239 e. The van der Waals surface area contributed by atoms with E-state index in [1.54, 1.807) is 0 Å². The predicted octanol–water partition coefficient (Wildman–Crippen LogP) is 0.159. The summed E-state index contributed by atoms with van der Waals surface area (Å²) in [6.07, 6.45) is 5.91. The highest BCUT2D eigenvalue weighted by atomic mass is 16.2. The van der Waals surface area contributed by atoms with E-state index in [9.17, 15) is 9.59 Å². The molecule has 0 bridgehead atoms. The second-order valence-corrected chi connectivity index (χ2v) is 5.31. The van der Waals surface area contributed by atoms with Gasteiger partial charge in [-0.05, 0) is 18.8 Å². The Balaban J connectivity index is 1.84. The van der Waals surface area contributed by atoms with Crippen LogP contribution in [0.3, 0.4) is 0 Å². The number of carbonyl (C=O) groups is 2. The van der Waals surface area contributed by atoms with Crippen molar-refractivity contribution in [3.05, 3.63) is 0 Å². The lowest BCUT2D eigenvalue weighted by atomic mass is 9.83. The molecule has 0 aromatic heterocycles. The van der Waals surface area contributed by atoms with Gasteiger partial charge >= 0.3 is 0 Å². The van der Waals surface area contributed by atoms with Gasteiger partial charge in [0.15, 0.2) is 0 Å². The quantitative estimate of drug-likeness (QED) is 0.671. The van der Waals surface area contributed by atoms with Gasteiger partial charge in [0.05, 0.1) is 6.54 Å². The normalized spacial score (nSPS) is 32.7. The van der Waals surface area contributed by atoms with Crippen molar-refractivity contribution in [3.63, 3.8) is 0 Å². The summed E-state index contributed by atoms with van der Waals surface area (Å²) in [5.74, 6) is 0.601. The lowest BCUT2D eigenvalue weighted by molar-refractivity contribution is -0.127. The van der Waals surface area contributed by atoms with Crippen LogP contribution in [-0.4, -0.2) is 37.0 Å². The Morgan fingerprint density at radius 2 is 2.17 bits per heavy atom. The molecule has 18 heavy (non-hydrogen) atoms. The Bertz CT molecular complexity index is 309. The second-order valence-electron chi connectivity index (χ2n) is 5.31. The van der Waals surface area contributed by atoms with Crippen LogP contribution in [0.5, 0.6) is 0 Å². The van der Waals surface area contributed by atoms with E-state index < -0.39 is 0 Å². The van der Waals surface area contributed by atoms with Crippen LogP contribution < -0.4 is 16.0 Å². The SMILES string of the molecule is CCC1CCCCC1NC(=O)C1CNC(=O)CN1. The fourth-order valence-corrected chi connectivity index (χ4v) is 2.92. The van der Waals surface area contributed by atoms with Crippen LogP contribution in [0, 0.1) is 5.92 Å². The molecule has 5 nitrogen and oxygen atoms in total. The molecule has 3 N–H and O–H groups in total. The summed E-state index contributed by atoms with van der Waals surface area (Å²) in [6, 6.07) is 0.0396. The molecule has 1 aliphatic carbocycles. The molecule has 2 rings (SSSR count). The maximum atomic E-state index is 12.1. The van der Waals surface area contributed by atoms with Crippen LogP contribution in [0.2, 0.25) is 0 Å². The van der Waals surface area contributed by atoms with Crippen LogP contribution in [0.4, 0.5) is 0 Å². The third kappa shape index (κ3) is 3.22. The van der Waals surface area contributed by atoms with E-state index in [0.717, 1.165) is 12.8 Å². The number of rotatable bonds is 3. The number of hydrogen-bond acceptors (Lipinski definition) is 3. The minimum absolute atomic E-state index is 0.0281. The summed E-state index contributed by atoms with van der Waals surface area (Å²) in [5, 5.41) is 8.83. The average Bonchev–Trinajstić information content (AvgIpc) is 2.40. The first-order chi connectivity index (χ1) is 8.70. The molecular weight excluding hydrogens is 230 g/mol. The highest BCUT2D eigenvalue weighted by Gasteiger charge is 2.29. The smallest absolute Gasteiger partial charge is 0.239 e. The van der Waals surface area contributed by atoms with Gasteiger partial charge in [-0.15, -0.1) is 0 Å². The van der Waals surface area contributed by atoms with Crippen molar-refractivity contribution in [2.75, 3.05) is 13.1 Å². The zero-order valence-electron chi connectivity index (χ0n) is 11.0. The lowest BCUT2D eigenvalue weighted by Gasteiger charge is -2.33. The molecule has 3 atom stereocenters. The number of carbonyl (C=O) groups excluding carboxylic acids is 2. The van der Waals surface area contributed by atoms with Gasteiger partial charge in [0, 0.05) is 12.6 Å². The monoisotopic (exact) mass is 253 g/mol. The minimum Gasteiger partial charge on any atom is -0.353 e. The standard InChI is InChI=1S/C13H23N3O2/c1-2-9-5-3-4-6-10(9)16-13(18)11-7-15-12(17)8-14-11/h9-11,14H,2-8H2,1H3,(H,15,17)(H,16,18). The van der Waals surface area contributed by atoms with Gasteiger partial charge in [-0.25, -0.2) is 0 Å². The summed E-state index contributed by atoms with van der Waals surface area (Å²) in [4.78, 5) is 23.1. The molecule has 2 aliphatic rings. The zero-order valence-corrected chi connectivity index (χ0v) is 11.0. The number of hydrogen-bond donors (Lipinski definition) is 3. The molecule has 1 heterocycles. The van der Waals surface area contributed by atoms with Crippen molar-refractivity contribution >= 4 is 11.8 Å². The highest BCUT2D eigenvalue weighted by molar-refractivity contribution is 5.86. The summed E-state index contributed by atoms with van der Waals surface area (Å²) in [5.41, 5.74) is 0. The zero-order chi connectivity index (χ0) is 13.0. The van der Waals surface area contributed by atoms with E-state index in [1.165, 1.54) is 19.3 Å². The molecule has 2 amide bonds. The van der Waals surface area contributed by atoms with Gasteiger partial charge in [0.2, 0.25) is 11.8 Å². The minimum atomic E-state index is -0.276. The lowest BCUT2D eigenvalue weighted by Crippen LogP contribution is -2.59. The first kappa shape index (κ1) is 13.3. The van der Waals surface area contributed by atoms with Gasteiger partial charge in [-0.3, -0.25) is 14.9 Å². The summed E-state index contributed by atoms with van der Waals surface area (Å²) >= 11 is 0. The summed E-state index contributed by atoms with van der Waals surface area (Å²) < 4.78 is 0. The fraction of sp³-hybridized carbons (Fsp3) is 0.846. The van der Waals surface area contributed by atoms with Crippen molar-refractivity contribution in [1.29, 1.82) is 0 Å². The third-order valence-corrected chi connectivity index (χ3v) is 4.09. The Kier molecular flexibility index (Phi) is 4.58. The van der Waals surface area contributed by atoms with Crippen LogP contribution in [0.1, 0.15) is 39.0 Å². The number of nitrogens with one attached hydrogen (secondary N) is 3. The topological polar surface area (TPSA) is 70.2 Å². The Labute approximate surface area is 108 Å². The van der Waals surface area contributed by atoms with Gasteiger partial charge in [0.25, 0.3) is 0 Å². The van der Waals surface area contributed by atoms with Gasteiger partial charge in [-0.1, -0.05) is 26.2 Å². The van der Waals surface area contributed by atoms with E-state index in [0.29, 0.717) is 18.5 Å². The summed E-state index contributed by atoms with van der Waals surface area (Å²) in [6.45, 7) is 2.82. The first-order valence-electron chi connectivity index (χ1n) is 7.01. The molecule has 0 aromatic rings. The van der Waals surface area contributed by atoms with Crippen LogP contribution >= 0.6 is 0 Å². The van der Waals surface area contributed by atoms with Gasteiger partial charge in [0.1, 0.15) is 6.04 Å². The first-order valence-corrected chi connectivity index (χ1v) is 7.01. The fourth-order valence-electron chi connectivity index (χ4n) is 2.92. The Morgan fingerprint density at radius 3 is 2.83 bits per heavy atom. The number of piperazine rings is 1. The molecule has 1 aliphatic heterocycles. The Morgan fingerprint density at radius 1 is 1.39 bits per heavy atom. The largest absolute Gasteiger partial charge is 0.353 e. The van der Waals surface area contributed by atoms with E-state index >= 15 is 0 Å². The molecule has 5 heteroatoms. The van der Waals surface area contributed by atoms with Crippen molar-refractivity contribution in [1.82, 2.24) is 16.0 Å². The molecule has 0 radical (unpaired) electrons. The molecule has 0 spiro atoms. The molecule has 1 saturated heterocycles. The Hall–Kier alpha value is -1.10. The van der Waals surface area contributed by atoms with E-state index in [2.05, 4.69) is 22.9 Å². The number of amides is 2. The van der Waals surface area contributed by atoms with Crippen LogP contribution in [0.25, 0.3) is 0 Å². The average molecular weight is 253 g/mol. The van der Waals surface area contributed by atoms with Crippen molar-refractivity contribution in [3.8, 4) is 0 Å². The third-order valence-electron chi connectivity index (χ3n) is 4.09. The van der Waals surface area contributed by atoms with E-state index in [4.69, 9.17) is 0 Å². The second kappa shape index (κ2) is 6.18. The van der Waals surface area contributed by atoms with E-state index in [1.807, 2.05) is 0 Å². The summed E-state index contributed by atoms with van der Waals surface area (Å²) in [7, 11) is 0. The van der Waals surface area contributed by atoms with Gasteiger partial charge in [-0.2, -0.15) is 0 Å². The predicted molar refractivity (Wildman–Crippen MR) is 69.0 cm³/mol. The van der Waals surface area contributed by atoms with Crippen molar-refractivity contribution in [2.24, 2.45) is 5.92 Å². The molecule has 102 valence electrons. The maximum absolute atomic E-state index is 12.1. The molecule has 0 aromatic carbocycles. The molecule has 3 unspecified atom stereocenters. The van der Waals surface area contributed by atoms with Gasteiger partial charge < -0.3 is 10.6 Å².